The van der Waals surface area contributed by atoms with Gasteiger partial charge in [-0.1, -0.05) is 13.0 Å². The first-order chi connectivity index (χ1) is 12.9. The lowest BCUT2D eigenvalue weighted by Crippen LogP contribution is -2.07. The average Bonchev–Trinajstić information content (AvgIpc) is 2.65. The third-order valence-electron chi connectivity index (χ3n) is 3.63. The lowest BCUT2D eigenvalue weighted by atomic mass is 10.1. The van der Waals surface area contributed by atoms with Crippen molar-refractivity contribution in [1.82, 2.24) is 0 Å². The van der Waals surface area contributed by atoms with Crippen molar-refractivity contribution < 1.29 is 19.2 Å². The van der Waals surface area contributed by atoms with E-state index in [1.54, 1.807) is 30.3 Å². The second kappa shape index (κ2) is 9.28. The Morgan fingerprint density at radius 2 is 1.89 bits per heavy atom. The highest BCUT2D eigenvalue weighted by atomic mass is 16.6. The van der Waals surface area contributed by atoms with Gasteiger partial charge >= 0.3 is 5.69 Å². The van der Waals surface area contributed by atoms with Crippen LogP contribution >= 0.6 is 0 Å². The Bertz CT molecular complexity index is 872. The normalized spacial score (nSPS) is 10.6. The SMILES string of the molecule is CCCOc1ccc(/C=C/C(=O)Nc2ccc(C(C)=O)cc2)cc1[N+](=O)[O-]. The van der Waals surface area contributed by atoms with Gasteiger partial charge in [0.25, 0.3) is 0 Å². The van der Waals surface area contributed by atoms with E-state index in [0.717, 1.165) is 6.42 Å². The number of nitrogens with zero attached hydrogens (tertiary/aromatic N) is 1. The summed E-state index contributed by atoms with van der Waals surface area (Å²) in [7, 11) is 0. The summed E-state index contributed by atoms with van der Waals surface area (Å²) in [5.41, 5.74) is 1.46. The van der Waals surface area contributed by atoms with E-state index in [2.05, 4.69) is 5.32 Å². The van der Waals surface area contributed by atoms with Crippen LogP contribution in [0.4, 0.5) is 11.4 Å². The molecule has 0 atom stereocenters. The van der Waals surface area contributed by atoms with Gasteiger partial charge in [0.15, 0.2) is 11.5 Å². The second-order valence-electron chi connectivity index (χ2n) is 5.79. The van der Waals surface area contributed by atoms with Crippen LogP contribution in [0.1, 0.15) is 36.2 Å². The molecule has 0 saturated heterocycles. The largest absolute Gasteiger partial charge is 0.487 e. The number of hydrogen-bond donors (Lipinski definition) is 1. The highest BCUT2D eigenvalue weighted by Crippen LogP contribution is 2.28. The second-order valence-corrected chi connectivity index (χ2v) is 5.79. The zero-order valence-corrected chi connectivity index (χ0v) is 15.1. The van der Waals surface area contributed by atoms with Crippen molar-refractivity contribution in [2.24, 2.45) is 0 Å². The number of rotatable bonds is 8. The maximum Gasteiger partial charge on any atom is 0.311 e. The van der Waals surface area contributed by atoms with E-state index in [1.807, 2.05) is 6.92 Å². The summed E-state index contributed by atoms with van der Waals surface area (Å²) in [6.45, 7) is 3.77. The van der Waals surface area contributed by atoms with Gasteiger partial charge in [0.05, 0.1) is 11.5 Å². The minimum atomic E-state index is -0.515. The Labute approximate surface area is 156 Å². The minimum Gasteiger partial charge on any atom is -0.487 e. The third-order valence-corrected chi connectivity index (χ3v) is 3.63. The number of carbonyl (C=O) groups excluding carboxylic acids is 2. The maximum absolute atomic E-state index is 12.0. The fourth-order valence-electron chi connectivity index (χ4n) is 2.26. The number of ether oxygens (including phenoxy) is 1. The van der Waals surface area contributed by atoms with Gasteiger partial charge in [0.1, 0.15) is 0 Å². The van der Waals surface area contributed by atoms with Gasteiger partial charge in [-0.25, -0.2) is 0 Å². The molecule has 0 aliphatic rings. The van der Waals surface area contributed by atoms with Crippen molar-refractivity contribution in [3.63, 3.8) is 0 Å². The minimum absolute atomic E-state index is 0.0549. The van der Waals surface area contributed by atoms with Crippen LogP contribution in [-0.2, 0) is 4.79 Å². The molecule has 0 aliphatic carbocycles. The van der Waals surface area contributed by atoms with Crippen LogP contribution in [0.5, 0.6) is 5.75 Å². The first kappa shape index (κ1) is 19.8. The Balaban J connectivity index is 2.07. The summed E-state index contributed by atoms with van der Waals surface area (Å²) in [4.78, 5) is 33.9. The molecule has 0 fully saturated rings. The molecule has 0 aromatic heterocycles. The molecular formula is C20H20N2O5. The number of ketones is 1. The number of nitro benzene ring substituents is 1. The smallest absolute Gasteiger partial charge is 0.311 e. The van der Waals surface area contributed by atoms with E-state index in [4.69, 9.17) is 4.74 Å². The summed E-state index contributed by atoms with van der Waals surface area (Å²) >= 11 is 0. The van der Waals surface area contributed by atoms with Gasteiger partial charge in [-0.3, -0.25) is 19.7 Å². The number of nitrogens with one attached hydrogen (secondary N) is 1. The molecule has 2 aromatic carbocycles. The molecule has 0 aliphatic heterocycles. The molecule has 0 saturated carbocycles. The molecule has 0 heterocycles. The summed E-state index contributed by atoms with van der Waals surface area (Å²) in [5.74, 6) is -0.241. The van der Waals surface area contributed by atoms with E-state index in [1.165, 1.54) is 31.2 Å². The fraction of sp³-hybridized carbons (Fsp3) is 0.200. The molecule has 1 N–H and O–H groups in total. The van der Waals surface area contributed by atoms with E-state index >= 15 is 0 Å². The van der Waals surface area contributed by atoms with Crippen LogP contribution in [0.15, 0.2) is 48.5 Å². The summed E-state index contributed by atoms with van der Waals surface area (Å²) < 4.78 is 5.36. The molecular weight excluding hydrogens is 348 g/mol. The number of hydrogen-bond acceptors (Lipinski definition) is 5. The van der Waals surface area contributed by atoms with E-state index in [-0.39, 0.29) is 23.1 Å². The first-order valence-electron chi connectivity index (χ1n) is 8.42. The molecule has 7 heteroatoms. The number of anilines is 1. The van der Waals surface area contributed by atoms with Crippen molar-refractivity contribution in [3.8, 4) is 5.75 Å². The molecule has 2 aromatic rings. The molecule has 0 spiro atoms. The maximum atomic E-state index is 12.0. The van der Waals surface area contributed by atoms with Crippen molar-refractivity contribution in [3.05, 3.63) is 69.8 Å². The topological polar surface area (TPSA) is 98.5 Å². The predicted molar refractivity (Wildman–Crippen MR) is 103 cm³/mol. The van der Waals surface area contributed by atoms with E-state index in [9.17, 15) is 19.7 Å². The van der Waals surface area contributed by atoms with Crippen LogP contribution < -0.4 is 10.1 Å². The van der Waals surface area contributed by atoms with Gasteiger partial charge in [0, 0.05) is 23.4 Å². The van der Waals surface area contributed by atoms with Crippen LogP contribution in [0.25, 0.3) is 6.08 Å². The molecule has 2 rings (SSSR count). The Morgan fingerprint density at radius 1 is 1.19 bits per heavy atom. The van der Waals surface area contributed by atoms with Gasteiger partial charge < -0.3 is 10.1 Å². The molecule has 27 heavy (non-hydrogen) atoms. The number of Topliss-reactive ketones (excluding diaryl/α,β-unsaturated/α-hetero) is 1. The third kappa shape index (κ3) is 5.78. The predicted octanol–water partition coefficient (Wildman–Crippen LogP) is 4.24. The van der Waals surface area contributed by atoms with Crippen LogP contribution in [0.2, 0.25) is 0 Å². The van der Waals surface area contributed by atoms with Crippen molar-refractivity contribution in [1.29, 1.82) is 0 Å². The number of nitro groups is 1. The zero-order valence-electron chi connectivity index (χ0n) is 15.1. The Hall–Kier alpha value is -3.48. The molecule has 0 radical (unpaired) electrons. The van der Waals surface area contributed by atoms with Gasteiger partial charge in [-0.05, 0) is 55.3 Å². The van der Waals surface area contributed by atoms with Crippen LogP contribution in [0.3, 0.4) is 0 Å². The van der Waals surface area contributed by atoms with Gasteiger partial charge in [-0.15, -0.1) is 0 Å². The monoisotopic (exact) mass is 368 g/mol. The number of benzene rings is 2. The van der Waals surface area contributed by atoms with Gasteiger partial charge in [-0.2, -0.15) is 0 Å². The molecule has 0 unspecified atom stereocenters. The van der Waals surface area contributed by atoms with Crippen LogP contribution in [0, 0.1) is 10.1 Å². The summed E-state index contributed by atoms with van der Waals surface area (Å²) in [6.07, 6.45) is 3.51. The summed E-state index contributed by atoms with van der Waals surface area (Å²) in [5, 5.41) is 13.8. The van der Waals surface area contributed by atoms with E-state index < -0.39 is 4.92 Å². The van der Waals surface area contributed by atoms with Crippen LogP contribution in [-0.4, -0.2) is 23.2 Å². The molecule has 140 valence electrons. The summed E-state index contributed by atoms with van der Waals surface area (Å²) in [6, 6.07) is 11.0. The van der Waals surface area contributed by atoms with Crippen molar-refractivity contribution in [2.45, 2.75) is 20.3 Å². The Morgan fingerprint density at radius 3 is 2.48 bits per heavy atom. The molecule has 7 nitrogen and oxygen atoms in total. The standard InChI is InChI=1S/C20H20N2O5/c1-3-12-27-19-10-4-15(13-18(19)22(25)26)5-11-20(24)21-17-8-6-16(7-9-17)14(2)23/h4-11,13H,3,12H2,1-2H3,(H,21,24)/b11-5+. The highest BCUT2D eigenvalue weighted by molar-refractivity contribution is 6.02. The first-order valence-corrected chi connectivity index (χ1v) is 8.42. The molecule has 1 amide bonds. The zero-order chi connectivity index (χ0) is 19.8. The lowest BCUT2D eigenvalue weighted by Gasteiger charge is -2.06. The van der Waals surface area contributed by atoms with Crippen molar-refractivity contribution >= 4 is 29.1 Å². The number of amides is 1. The van der Waals surface area contributed by atoms with Crippen molar-refractivity contribution in [2.75, 3.05) is 11.9 Å². The molecule has 0 bridgehead atoms. The highest BCUT2D eigenvalue weighted by Gasteiger charge is 2.15. The quantitative estimate of drug-likeness (QED) is 0.325. The van der Waals surface area contributed by atoms with Gasteiger partial charge in [0.2, 0.25) is 5.91 Å². The lowest BCUT2D eigenvalue weighted by molar-refractivity contribution is -0.385. The number of carbonyl (C=O) groups is 2. The Kier molecular flexibility index (Phi) is 6.82. The fourth-order valence-corrected chi connectivity index (χ4v) is 2.26. The average molecular weight is 368 g/mol. The van der Waals surface area contributed by atoms with E-state index in [0.29, 0.717) is 23.4 Å².